The molecule has 1 amide bonds. The summed E-state index contributed by atoms with van der Waals surface area (Å²) in [5.41, 5.74) is 1.83. The van der Waals surface area contributed by atoms with Crippen molar-refractivity contribution >= 4 is 49.7 Å². The number of halogens is 1. The number of nitrogens with zero attached hydrogens (tertiary/aromatic N) is 1. The Balaban J connectivity index is 1.75. The fraction of sp³-hybridized carbons (Fsp3) is 0.150. The topological polar surface area (TPSA) is 86.7 Å². The van der Waals surface area contributed by atoms with E-state index in [9.17, 15) is 18.3 Å². The summed E-state index contributed by atoms with van der Waals surface area (Å²) in [6, 6.07) is 13.0. The summed E-state index contributed by atoms with van der Waals surface area (Å²) in [6.45, 7) is 2.03. The molecule has 1 aliphatic rings. The molecule has 8 heteroatoms. The number of aromatic hydroxyl groups is 1. The molecule has 1 heterocycles. The molecule has 0 bridgehead atoms. The third-order valence-corrected chi connectivity index (χ3v) is 6.50. The highest BCUT2D eigenvalue weighted by atomic mass is 35.5. The maximum absolute atomic E-state index is 13.0. The van der Waals surface area contributed by atoms with Gasteiger partial charge in [-0.1, -0.05) is 35.9 Å². The van der Waals surface area contributed by atoms with Crippen molar-refractivity contribution in [3.8, 4) is 5.75 Å². The third kappa shape index (κ3) is 3.06. The monoisotopic (exact) mass is 416 g/mol. The maximum Gasteiger partial charge on any atom is 0.261 e. The molecule has 0 aliphatic carbocycles. The Morgan fingerprint density at radius 3 is 2.57 bits per heavy atom. The van der Waals surface area contributed by atoms with E-state index in [1.54, 1.807) is 41.3 Å². The van der Waals surface area contributed by atoms with Crippen LogP contribution in [-0.2, 0) is 21.2 Å². The quantitative estimate of drug-likeness (QED) is 0.634. The number of sulfonamides is 1. The van der Waals surface area contributed by atoms with Crippen molar-refractivity contribution in [1.82, 2.24) is 0 Å². The SMILES string of the molecule is CC(=O)N1CCc2cc(S(=O)(=O)Nc3cc(Cl)c(O)c4ccccc34)ccc21. The fourth-order valence-corrected chi connectivity index (χ4v) is 4.82. The van der Waals surface area contributed by atoms with Gasteiger partial charge in [0.2, 0.25) is 5.91 Å². The van der Waals surface area contributed by atoms with E-state index in [2.05, 4.69) is 4.72 Å². The molecule has 0 spiro atoms. The summed E-state index contributed by atoms with van der Waals surface area (Å²) in [4.78, 5) is 13.4. The van der Waals surface area contributed by atoms with Crippen LogP contribution in [0.1, 0.15) is 12.5 Å². The molecular weight excluding hydrogens is 400 g/mol. The Hall–Kier alpha value is -2.77. The van der Waals surface area contributed by atoms with Gasteiger partial charge < -0.3 is 10.0 Å². The van der Waals surface area contributed by atoms with Crippen LogP contribution in [0.25, 0.3) is 10.8 Å². The number of rotatable bonds is 3. The van der Waals surface area contributed by atoms with E-state index in [-0.39, 0.29) is 27.3 Å². The largest absolute Gasteiger partial charge is 0.506 e. The standard InChI is InChI=1S/C20H17ClN2O4S/c1-12(24)23-9-8-13-10-14(6-7-19(13)23)28(26,27)22-18-11-17(21)20(25)16-5-3-2-4-15(16)18/h2-7,10-11,22,25H,8-9H2,1H3. The van der Waals surface area contributed by atoms with Crippen LogP contribution >= 0.6 is 11.6 Å². The lowest BCUT2D eigenvalue weighted by atomic mass is 10.1. The lowest BCUT2D eigenvalue weighted by molar-refractivity contribution is -0.116. The number of carbonyl (C=O) groups excluding carboxylic acids is 1. The van der Waals surface area contributed by atoms with Gasteiger partial charge in [-0.15, -0.1) is 0 Å². The smallest absolute Gasteiger partial charge is 0.261 e. The molecule has 0 atom stereocenters. The van der Waals surface area contributed by atoms with Gasteiger partial charge in [0, 0.05) is 29.9 Å². The van der Waals surface area contributed by atoms with Gasteiger partial charge in [0.25, 0.3) is 10.0 Å². The van der Waals surface area contributed by atoms with Gasteiger partial charge in [-0.2, -0.15) is 0 Å². The summed E-state index contributed by atoms with van der Waals surface area (Å²) in [5, 5.41) is 11.2. The summed E-state index contributed by atoms with van der Waals surface area (Å²) in [5.74, 6) is -0.167. The van der Waals surface area contributed by atoms with Gasteiger partial charge in [0.1, 0.15) is 5.75 Å². The summed E-state index contributed by atoms with van der Waals surface area (Å²) >= 11 is 6.07. The van der Waals surface area contributed by atoms with Gasteiger partial charge in [-0.25, -0.2) is 8.42 Å². The molecule has 0 fully saturated rings. The van der Waals surface area contributed by atoms with E-state index in [1.807, 2.05) is 0 Å². The number of fused-ring (bicyclic) bond motifs is 2. The number of hydrogen-bond acceptors (Lipinski definition) is 4. The van der Waals surface area contributed by atoms with Crippen molar-refractivity contribution in [3.63, 3.8) is 0 Å². The molecule has 0 aromatic heterocycles. The van der Waals surface area contributed by atoms with Crippen molar-refractivity contribution in [2.24, 2.45) is 0 Å². The second-order valence-electron chi connectivity index (χ2n) is 6.62. The van der Waals surface area contributed by atoms with Crippen LogP contribution < -0.4 is 9.62 Å². The van der Waals surface area contributed by atoms with Gasteiger partial charge in [-0.05, 0) is 36.2 Å². The highest BCUT2D eigenvalue weighted by Crippen LogP contribution is 2.38. The molecular formula is C20H17ClN2O4S. The molecule has 0 radical (unpaired) electrons. The van der Waals surface area contributed by atoms with Crippen LogP contribution in [0.3, 0.4) is 0 Å². The Bertz CT molecular complexity index is 1220. The van der Waals surface area contributed by atoms with Gasteiger partial charge in [0.15, 0.2) is 0 Å². The van der Waals surface area contributed by atoms with E-state index in [0.29, 0.717) is 23.7 Å². The first-order valence-corrected chi connectivity index (χ1v) is 10.5. The molecule has 0 saturated carbocycles. The zero-order valence-electron chi connectivity index (χ0n) is 14.9. The van der Waals surface area contributed by atoms with Crippen molar-refractivity contribution < 1.29 is 18.3 Å². The second kappa shape index (κ2) is 6.68. The molecule has 3 aromatic rings. The molecule has 2 N–H and O–H groups in total. The minimum atomic E-state index is -3.89. The number of carbonyl (C=O) groups is 1. The number of hydrogen-bond donors (Lipinski definition) is 2. The molecule has 4 rings (SSSR count). The first-order chi connectivity index (χ1) is 13.3. The predicted octanol–water partition coefficient (Wildman–Crippen LogP) is 3.91. The minimum Gasteiger partial charge on any atom is -0.506 e. The zero-order chi connectivity index (χ0) is 20.1. The Kier molecular flexibility index (Phi) is 4.44. The van der Waals surface area contributed by atoms with E-state index < -0.39 is 10.0 Å². The Labute approximate surface area is 167 Å². The highest BCUT2D eigenvalue weighted by Gasteiger charge is 2.25. The molecule has 1 aliphatic heterocycles. The summed E-state index contributed by atoms with van der Waals surface area (Å²) < 4.78 is 28.5. The molecule has 0 saturated heterocycles. The maximum atomic E-state index is 13.0. The molecule has 28 heavy (non-hydrogen) atoms. The lowest BCUT2D eigenvalue weighted by Crippen LogP contribution is -2.25. The number of benzene rings is 3. The van der Waals surface area contributed by atoms with E-state index in [0.717, 1.165) is 11.3 Å². The first kappa shape index (κ1) is 18.6. The summed E-state index contributed by atoms with van der Waals surface area (Å²) in [6.07, 6.45) is 0.603. The van der Waals surface area contributed by atoms with Crippen LogP contribution in [0, 0.1) is 0 Å². The number of phenols is 1. The molecule has 144 valence electrons. The minimum absolute atomic E-state index is 0.0578. The number of amides is 1. The van der Waals surface area contributed by atoms with Crippen LogP contribution in [0.2, 0.25) is 5.02 Å². The lowest BCUT2D eigenvalue weighted by Gasteiger charge is -2.16. The van der Waals surface area contributed by atoms with Crippen LogP contribution in [-0.4, -0.2) is 26.0 Å². The van der Waals surface area contributed by atoms with Gasteiger partial charge in [-0.3, -0.25) is 9.52 Å². The second-order valence-corrected chi connectivity index (χ2v) is 8.71. The average molecular weight is 417 g/mol. The number of anilines is 2. The van der Waals surface area contributed by atoms with Crippen molar-refractivity contribution in [2.45, 2.75) is 18.2 Å². The number of nitrogens with one attached hydrogen (secondary N) is 1. The first-order valence-electron chi connectivity index (χ1n) is 8.62. The molecule has 3 aromatic carbocycles. The van der Waals surface area contributed by atoms with Crippen molar-refractivity contribution in [2.75, 3.05) is 16.2 Å². The Morgan fingerprint density at radius 2 is 1.86 bits per heavy atom. The van der Waals surface area contributed by atoms with Crippen LogP contribution in [0.15, 0.2) is 53.4 Å². The van der Waals surface area contributed by atoms with Crippen molar-refractivity contribution in [3.05, 3.63) is 59.1 Å². The predicted molar refractivity (Wildman–Crippen MR) is 110 cm³/mol. The average Bonchev–Trinajstić information content (AvgIpc) is 3.09. The van der Waals surface area contributed by atoms with E-state index in [4.69, 9.17) is 11.6 Å². The Morgan fingerprint density at radius 1 is 1.14 bits per heavy atom. The molecule has 0 unspecified atom stereocenters. The normalized spacial score (nSPS) is 13.6. The van der Waals surface area contributed by atoms with Crippen LogP contribution in [0.5, 0.6) is 5.75 Å². The van der Waals surface area contributed by atoms with Crippen molar-refractivity contribution in [1.29, 1.82) is 0 Å². The zero-order valence-corrected chi connectivity index (χ0v) is 16.5. The number of phenolic OH excluding ortho intramolecular Hbond substituents is 1. The fourth-order valence-electron chi connectivity index (χ4n) is 3.49. The van der Waals surface area contributed by atoms with E-state index >= 15 is 0 Å². The molecule has 6 nitrogen and oxygen atoms in total. The third-order valence-electron chi connectivity index (χ3n) is 4.85. The highest BCUT2D eigenvalue weighted by molar-refractivity contribution is 7.92. The van der Waals surface area contributed by atoms with Crippen LogP contribution in [0.4, 0.5) is 11.4 Å². The van der Waals surface area contributed by atoms with Gasteiger partial charge >= 0.3 is 0 Å². The van der Waals surface area contributed by atoms with E-state index in [1.165, 1.54) is 19.1 Å². The van der Waals surface area contributed by atoms with Gasteiger partial charge in [0.05, 0.1) is 15.6 Å². The summed E-state index contributed by atoms with van der Waals surface area (Å²) in [7, 11) is -3.89.